The summed E-state index contributed by atoms with van der Waals surface area (Å²) in [6.07, 6.45) is 3.16. The van der Waals surface area contributed by atoms with Crippen LogP contribution < -0.4 is 5.73 Å². The summed E-state index contributed by atoms with van der Waals surface area (Å²) in [6, 6.07) is 3.53. The Morgan fingerprint density at radius 3 is 2.60 bits per heavy atom. The lowest BCUT2D eigenvalue weighted by molar-refractivity contribution is 0.602. The summed E-state index contributed by atoms with van der Waals surface area (Å²) in [4.78, 5) is 3.95. The molecular weight excluding hydrogens is 254 g/mol. The molecule has 0 fully saturated rings. The number of nitrogens with zero attached hydrogens (tertiary/aromatic N) is 1. The Morgan fingerprint density at radius 2 is 2.07 bits per heavy atom. The fourth-order valence-corrected chi connectivity index (χ4v) is 1.76. The third-order valence-corrected chi connectivity index (χ3v) is 2.62. The predicted octanol–water partition coefficient (Wildman–Crippen LogP) is 4.00. The molecule has 2 nitrogen and oxygen atoms in total. The molecule has 0 saturated carbocycles. The van der Waals surface area contributed by atoms with Gasteiger partial charge in [0.05, 0.1) is 0 Å². The molecule has 86 valence electrons. The number of hydrogen-bond donors (Lipinski definition) is 1. The summed E-state index contributed by atoms with van der Waals surface area (Å²) in [5.74, 6) is 0. The van der Waals surface area contributed by atoms with Gasteiger partial charge in [-0.3, -0.25) is 0 Å². The van der Waals surface area contributed by atoms with Gasteiger partial charge in [-0.15, -0.1) is 12.4 Å². The molecule has 15 heavy (non-hydrogen) atoms. The van der Waals surface area contributed by atoms with Crippen LogP contribution in [0.4, 0.5) is 0 Å². The quantitative estimate of drug-likeness (QED) is 0.839. The first-order valence-electron chi connectivity index (χ1n) is 4.72. The van der Waals surface area contributed by atoms with E-state index in [1.165, 1.54) is 0 Å². The average molecular weight is 270 g/mol. The molecule has 0 spiro atoms. The molecule has 1 rings (SSSR count). The van der Waals surface area contributed by atoms with E-state index in [1.807, 2.05) is 6.07 Å². The van der Waals surface area contributed by atoms with E-state index in [-0.39, 0.29) is 18.4 Å². The lowest BCUT2D eigenvalue weighted by atomic mass is 10.0. The Bertz CT molecular complexity index is 305. The van der Waals surface area contributed by atoms with Gasteiger partial charge in [-0.05, 0) is 12.5 Å². The molecular formula is C10H15Cl3N2. The molecule has 5 heteroatoms. The van der Waals surface area contributed by atoms with Gasteiger partial charge < -0.3 is 5.73 Å². The van der Waals surface area contributed by atoms with Crippen LogP contribution in [-0.4, -0.2) is 4.98 Å². The Hall–Kier alpha value is -0.0200. The van der Waals surface area contributed by atoms with E-state index in [0.717, 1.165) is 24.8 Å². The minimum absolute atomic E-state index is 0. The summed E-state index contributed by atoms with van der Waals surface area (Å²) in [7, 11) is 0. The van der Waals surface area contributed by atoms with Crippen LogP contribution >= 0.6 is 35.6 Å². The van der Waals surface area contributed by atoms with Crippen LogP contribution in [0.25, 0.3) is 0 Å². The lowest BCUT2D eigenvalue weighted by Gasteiger charge is -2.12. The molecule has 0 radical (unpaired) electrons. The minimum atomic E-state index is -0.0350. The monoisotopic (exact) mass is 268 g/mol. The maximum absolute atomic E-state index is 5.96. The highest BCUT2D eigenvalue weighted by Gasteiger charge is 2.10. The van der Waals surface area contributed by atoms with Gasteiger partial charge in [0.25, 0.3) is 0 Å². The van der Waals surface area contributed by atoms with Crippen molar-refractivity contribution in [3.05, 3.63) is 28.0 Å². The maximum Gasteiger partial charge on any atom is 0.135 e. The highest BCUT2D eigenvalue weighted by molar-refractivity contribution is 6.32. The molecule has 2 N–H and O–H groups in total. The number of nitrogens with two attached hydrogens (primary N) is 1. The Labute approximate surface area is 107 Å². The molecule has 0 amide bonds. The average Bonchev–Trinajstić information content (AvgIpc) is 2.14. The molecule has 0 saturated heterocycles. The molecule has 0 aliphatic rings. The van der Waals surface area contributed by atoms with Crippen molar-refractivity contribution >= 4 is 35.6 Å². The third-order valence-electron chi connectivity index (χ3n) is 2.11. The number of rotatable bonds is 4. The van der Waals surface area contributed by atoms with E-state index in [4.69, 9.17) is 28.9 Å². The van der Waals surface area contributed by atoms with E-state index >= 15 is 0 Å². The van der Waals surface area contributed by atoms with Crippen LogP contribution in [0.5, 0.6) is 0 Å². The zero-order valence-electron chi connectivity index (χ0n) is 8.54. The second kappa shape index (κ2) is 7.29. The normalized spacial score (nSPS) is 12.0. The molecule has 1 atom stereocenters. The number of unbranched alkanes of at least 4 members (excludes halogenated alkanes) is 1. The molecule has 0 bridgehead atoms. The van der Waals surface area contributed by atoms with E-state index in [2.05, 4.69) is 11.9 Å². The zero-order valence-corrected chi connectivity index (χ0v) is 10.9. The van der Waals surface area contributed by atoms with Crippen LogP contribution in [0, 0.1) is 0 Å². The first-order valence-corrected chi connectivity index (χ1v) is 5.48. The van der Waals surface area contributed by atoms with Crippen molar-refractivity contribution in [3.8, 4) is 0 Å². The van der Waals surface area contributed by atoms with Crippen LogP contribution in [0.1, 0.15) is 37.8 Å². The van der Waals surface area contributed by atoms with Gasteiger partial charge in [-0.1, -0.05) is 49.0 Å². The SMILES string of the molecule is CCCC[C@H](N)c1ccc(Cl)nc1Cl.Cl. The standard InChI is InChI=1S/C10H14Cl2N2.ClH/c1-2-3-4-8(13)7-5-6-9(11)14-10(7)12;/h5-6,8H,2-4,13H2,1H3;1H/t8-;/m0./s1. The minimum Gasteiger partial charge on any atom is -0.324 e. The van der Waals surface area contributed by atoms with Crippen molar-refractivity contribution in [2.24, 2.45) is 5.73 Å². The van der Waals surface area contributed by atoms with Crippen molar-refractivity contribution in [2.75, 3.05) is 0 Å². The van der Waals surface area contributed by atoms with E-state index in [1.54, 1.807) is 6.07 Å². The first kappa shape index (κ1) is 15.0. The van der Waals surface area contributed by atoms with Crippen molar-refractivity contribution in [2.45, 2.75) is 32.2 Å². The summed E-state index contributed by atoms with van der Waals surface area (Å²) in [5.41, 5.74) is 6.84. The van der Waals surface area contributed by atoms with Gasteiger partial charge in [-0.25, -0.2) is 4.98 Å². The molecule has 0 aromatic carbocycles. The highest BCUT2D eigenvalue weighted by Crippen LogP contribution is 2.24. The van der Waals surface area contributed by atoms with Gasteiger partial charge in [0.15, 0.2) is 0 Å². The van der Waals surface area contributed by atoms with Crippen molar-refractivity contribution in [1.29, 1.82) is 0 Å². The molecule has 0 aliphatic carbocycles. The largest absolute Gasteiger partial charge is 0.324 e. The summed E-state index contributed by atoms with van der Waals surface area (Å²) in [5, 5.41) is 0.822. The topological polar surface area (TPSA) is 38.9 Å². The predicted molar refractivity (Wildman–Crippen MR) is 68.0 cm³/mol. The fourth-order valence-electron chi connectivity index (χ4n) is 1.28. The van der Waals surface area contributed by atoms with Crippen LogP contribution in [0.2, 0.25) is 10.3 Å². The maximum atomic E-state index is 5.96. The van der Waals surface area contributed by atoms with Crippen molar-refractivity contribution in [1.82, 2.24) is 4.98 Å². The Morgan fingerprint density at radius 1 is 1.40 bits per heavy atom. The van der Waals surface area contributed by atoms with Gasteiger partial charge in [0.1, 0.15) is 10.3 Å². The fraction of sp³-hybridized carbons (Fsp3) is 0.500. The number of hydrogen-bond acceptors (Lipinski definition) is 2. The molecule has 0 unspecified atom stereocenters. The zero-order chi connectivity index (χ0) is 10.6. The number of pyridine rings is 1. The van der Waals surface area contributed by atoms with Crippen LogP contribution in [0.15, 0.2) is 12.1 Å². The Kier molecular flexibility index (Phi) is 7.28. The van der Waals surface area contributed by atoms with E-state index in [0.29, 0.717) is 10.3 Å². The molecule has 1 heterocycles. The summed E-state index contributed by atoms with van der Waals surface area (Å²) >= 11 is 11.6. The first-order chi connectivity index (χ1) is 6.65. The smallest absolute Gasteiger partial charge is 0.135 e. The van der Waals surface area contributed by atoms with Gasteiger partial charge >= 0.3 is 0 Å². The number of aromatic nitrogens is 1. The molecule has 0 aliphatic heterocycles. The van der Waals surface area contributed by atoms with Gasteiger partial charge in [0.2, 0.25) is 0 Å². The molecule has 1 aromatic heterocycles. The van der Waals surface area contributed by atoms with Crippen molar-refractivity contribution in [3.63, 3.8) is 0 Å². The number of halogens is 3. The third kappa shape index (κ3) is 4.56. The summed E-state index contributed by atoms with van der Waals surface area (Å²) in [6.45, 7) is 2.13. The van der Waals surface area contributed by atoms with E-state index in [9.17, 15) is 0 Å². The van der Waals surface area contributed by atoms with E-state index < -0.39 is 0 Å². The Balaban J connectivity index is 0.00000196. The van der Waals surface area contributed by atoms with Crippen molar-refractivity contribution < 1.29 is 0 Å². The second-order valence-electron chi connectivity index (χ2n) is 3.26. The highest BCUT2D eigenvalue weighted by atomic mass is 35.5. The van der Waals surface area contributed by atoms with Gasteiger partial charge in [-0.2, -0.15) is 0 Å². The molecule has 1 aromatic rings. The lowest BCUT2D eigenvalue weighted by Crippen LogP contribution is -2.11. The second-order valence-corrected chi connectivity index (χ2v) is 4.01. The van der Waals surface area contributed by atoms with Crippen LogP contribution in [0.3, 0.4) is 0 Å². The summed E-state index contributed by atoms with van der Waals surface area (Å²) < 4.78 is 0. The van der Waals surface area contributed by atoms with Gasteiger partial charge in [0, 0.05) is 11.6 Å². The van der Waals surface area contributed by atoms with Crippen LogP contribution in [-0.2, 0) is 0 Å².